The number of piperidine rings is 1. The average molecular weight is 413 g/mol. The topological polar surface area (TPSA) is 73.8 Å². The third kappa shape index (κ3) is 5.49. The monoisotopic (exact) mass is 412 g/mol. The molecule has 1 aliphatic carbocycles. The van der Waals surface area contributed by atoms with E-state index in [2.05, 4.69) is 22.5 Å². The van der Waals surface area contributed by atoms with Gasteiger partial charge in [-0.15, -0.1) is 0 Å². The highest BCUT2D eigenvalue weighted by Crippen LogP contribution is 2.40. The third-order valence-electron chi connectivity index (χ3n) is 6.03. The van der Waals surface area contributed by atoms with Crippen molar-refractivity contribution in [3.05, 3.63) is 0 Å². The van der Waals surface area contributed by atoms with Gasteiger partial charge in [-0.2, -0.15) is 17.5 Å². The highest BCUT2D eigenvalue weighted by Gasteiger charge is 2.50. The van der Waals surface area contributed by atoms with Crippen LogP contribution in [0.25, 0.3) is 0 Å². The molecule has 158 valence electrons. The molecule has 27 heavy (non-hydrogen) atoms. The average Bonchev–Trinajstić information content (AvgIpc) is 3.11. The molecule has 2 aliphatic rings. The summed E-state index contributed by atoms with van der Waals surface area (Å²) >= 11 is 0. The van der Waals surface area contributed by atoms with Crippen LogP contribution in [-0.2, 0) is 10.0 Å². The molecule has 0 unspecified atom stereocenters. The lowest BCUT2D eigenvalue weighted by atomic mass is 9.83. The predicted octanol–water partition coefficient (Wildman–Crippen LogP) is 2.68. The van der Waals surface area contributed by atoms with Crippen molar-refractivity contribution in [2.24, 2.45) is 16.3 Å². The van der Waals surface area contributed by atoms with Crippen molar-refractivity contribution >= 4 is 16.0 Å². The quantitative estimate of drug-likeness (QED) is 0.520. The van der Waals surface area contributed by atoms with Crippen molar-refractivity contribution in [3.8, 4) is 0 Å². The molecule has 1 saturated carbocycles. The summed E-state index contributed by atoms with van der Waals surface area (Å²) in [6, 6.07) is 0. The first-order valence-electron chi connectivity index (χ1n) is 9.64. The summed E-state index contributed by atoms with van der Waals surface area (Å²) in [5.74, 6) is 0.815. The molecule has 1 heterocycles. The number of aliphatic imine (C=N–C) groups is 1. The van der Waals surface area contributed by atoms with Crippen molar-refractivity contribution in [1.82, 2.24) is 14.9 Å². The zero-order chi connectivity index (χ0) is 20.1. The normalized spacial score (nSPS) is 22.8. The van der Waals surface area contributed by atoms with Crippen LogP contribution in [0.5, 0.6) is 0 Å². The molecule has 0 atom stereocenters. The fourth-order valence-electron chi connectivity index (χ4n) is 4.01. The van der Waals surface area contributed by atoms with Crippen LogP contribution in [0.15, 0.2) is 4.99 Å². The summed E-state index contributed by atoms with van der Waals surface area (Å²) in [4.78, 5) is 4.22. The maximum Gasteiger partial charge on any atom is 0.511 e. The molecular weight excluding hydrogens is 381 g/mol. The Bertz CT molecular complexity index is 608. The zero-order valence-corrected chi connectivity index (χ0v) is 16.9. The van der Waals surface area contributed by atoms with Crippen LogP contribution in [-0.4, -0.2) is 57.4 Å². The van der Waals surface area contributed by atoms with E-state index in [-0.39, 0.29) is 19.0 Å². The van der Waals surface area contributed by atoms with E-state index in [1.807, 2.05) is 0 Å². The molecule has 2 fully saturated rings. The number of nitrogens with zero attached hydrogens (tertiary/aromatic N) is 2. The summed E-state index contributed by atoms with van der Waals surface area (Å²) < 4.78 is 61.3. The maximum absolute atomic E-state index is 12.6. The highest BCUT2D eigenvalue weighted by atomic mass is 32.2. The number of rotatable bonds is 6. The summed E-state index contributed by atoms with van der Waals surface area (Å²) in [7, 11) is -3.51. The van der Waals surface area contributed by atoms with Gasteiger partial charge in [0.05, 0.1) is 0 Å². The summed E-state index contributed by atoms with van der Waals surface area (Å²) in [5.41, 5.74) is -4.89. The molecule has 0 aromatic carbocycles. The zero-order valence-electron chi connectivity index (χ0n) is 16.1. The number of alkyl halides is 3. The van der Waals surface area contributed by atoms with E-state index in [0.717, 1.165) is 13.0 Å². The van der Waals surface area contributed by atoms with Gasteiger partial charge in [0.1, 0.15) is 0 Å². The van der Waals surface area contributed by atoms with Crippen LogP contribution >= 0.6 is 0 Å². The Labute approximate surface area is 160 Å². The van der Waals surface area contributed by atoms with Crippen LogP contribution in [0.4, 0.5) is 13.2 Å². The van der Waals surface area contributed by atoms with E-state index in [1.165, 1.54) is 25.7 Å². The number of nitrogens with one attached hydrogen (secondary N) is 2. The predicted molar refractivity (Wildman–Crippen MR) is 99.8 cm³/mol. The maximum atomic E-state index is 12.6. The summed E-state index contributed by atoms with van der Waals surface area (Å²) in [5, 5.41) is 6.62. The van der Waals surface area contributed by atoms with Gasteiger partial charge in [0, 0.05) is 33.2 Å². The fraction of sp³-hybridized carbons (Fsp3) is 0.941. The second-order valence-electron chi connectivity index (χ2n) is 7.66. The second kappa shape index (κ2) is 8.98. The first-order chi connectivity index (χ1) is 12.6. The minimum absolute atomic E-state index is 0.0981. The lowest BCUT2D eigenvalue weighted by Gasteiger charge is -2.32. The Balaban J connectivity index is 1.77. The molecule has 2 N–H and O–H groups in total. The molecule has 0 spiro atoms. The smallest absolute Gasteiger partial charge is 0.356 e. The minimum atomic E-state index is -5.22. The van der Waals surface area contributed by atoms with Crippen molar-refractivity contribution in [1.29, 1.82) is 0 Å². The summed E-state index contributed by atoms with van der Waals surface area (Å²) in [6.45, 7) is 3.45. The number of hydrogen-bond acceptors (Lipinski definition) is 3. The second-order valence-corrected chi connectivity index (χ2v) is 9.59. The van der Waals surface area contributed by atoms with Gasteiger partial charge in [0.15, 0.2) is 5.96 Å². The molecule has 10 heteroatoms. The molecule has 0 aromatic heterocycles. The van der Waals surface area contributed by atoms with Gasteiger partial charge in [-0.25, -0.2) is 8.42 Å². The van der Waals surface area contributed by atoms with Crippen LogP contribution in [0.3, 0.4) is 0 Å². The fourth-order valence-corrected chi connectivity index (χ4v) is 5.00. The molecule has 2 rings (SSSR count). The van der Waals surface area contributed by atoms with Crippen molar-refractivity contribution in [2.75, 3.05) is 33.2 Å². The number of sulfonamides is 1. The van der Waals surface area contributed by atoms with E-state index >= 15 is 0 Å². The Hall–Kier alpha value is -1.03. The lowest BCUT2D eigenvalue weighted by molar-refractivity contribution is -0.0496. The van der Waals surface area contributed by atoms with Crippen molar-refractivity contribution in [3.63, 3.8) is 0 Å². The molecular formula is C17H31F3N4O2S. The molecule has 1 saturated heterocycles. The minimum Gasteiger partial charge on any atom is -0.356 e. The van der Waals surface area contributed by atoms with E-state index in [1.54, 1.807) is 7.05 Å². The largest absolute Gasteiger partial charge is 0.511 e. The Kier molecular flexibility index (Phi) is 7.40. The van der Waals surface area contributed by atoms with E-state index in [4.69, 9.17) is 0 Å². The molecule has 0 radical (unpaired) electrons. The molecule has 1 aliphatic heterocycles. The Morgan fingerprint density at radius 3 is 2.26 bits per heavy atom. The van der Waals surface area contributed by atoms with Gasteiger partial charge in [0.2, 0.25) is 0 Å². The Morgan fingerprint density at radius 2 is 1.78 bits per heavy atom. The summed E-state index contributed by atoms with van der Waals surface area (Å²) in [6.07, 6.45) is 6.90. The van der Waals surface area contributed by atoms with Gasteiger partial charge >= 0.3 is 15.5 Å². The lowest BCUT2D eigenvalue weighted by Crippen LogP contribution is -2.48. The van der Waals surface area contributed by atoms with Crippen molar-refractivity contribution in [2.45, 2.75) is 57.4 Å². The standard InChI is InChI=1S/C17H31F3N4O2S/c1-3-16(8-4-5-9-16)13-23-15(21-2)22-12-14-6-10-24(11-7-14)27(25,26)17(18,19)20/h14H,3-13H2,1-2H3,(H2,21,22,23). The van der Waals surface area contributed by atoms with E-state index in [9.17, 15) is 21.6 Å². The van der Waals surface area contributed by atoms with Crippen molar-refractivity contribution < 1.29 is 21.6 Å². The third-order valence-corrected chi connectivity index (χ3v) is 7.66. The van der Waals surface area contributed by atoms with Crippen LogP contribution in [0, 0.1) is 11.3 Å². The van der Waals surface area contributed by atoms with E-state index in [0.29, 0.717) is 35.1 Å². The molecule has 6 nitrogen and oxygen atoms in total. The van der Waals surface area contributed by atoms with Crippen LogP contribution in [0.1, 0.15) is 51.9 Å². The number of guanidine groups is 1. The van der Waals surface area contributed by atoms with Crippen LogP contribution < -0.4 is 10.6 Å². The number of halogens is 3. The molecule has 0 bridgehead atoms. The van der Waals surface area contributed by atoms with Gasteiger partial charge in [-0.3, -0.25) is 4.99 Å². The molecule has 0 aromatic rings. The first-order valence-corrected chi connectivity index (χ1v) is 11.1. The highest BCUT2D eigenvalue weighted by molar-refractivity contribution is 7.90. The van der Waals surface area contributed by atoms with Crippen LogP contribution in [0.2, 0.25) is 0 Å². The van der Waals surface area contributed by atoms with Gasteiger partial charge < -0.3 is 10.6 Å². The number of hydrogen-bond donors (Lipinski definition) is 2. The van der Waals surface area contributed by atoms with Gasteiger partial charge in [-0.05, 0) is 43.4 Å². The Morgan fingerprint density at radius 1 is 1.19 bits per heavy atom. The molecule has 0 amide bonds. The van der Waals surface area contributed by atoms with Gasteiger partial charge in [-0.1, -0.05) is 19.8 Å². The van der Waals surface area contributed by atoms with E-state index < -0.39 is 15.5 Å². The first kappa shape index (κ1) is 22.3. The van der Waals surface area contributed by atoms with Gasteiger partial charge in [0.25, 0.3) is 0 Å². The SMILES string of the molecule is CCC1(CNC(=NC)NCC2CCN(S(=O)(=O)C(F)(F)F)CC2)CCCC1.